The highest BCUT2D eigenvalue weighted by molar-refractivity contribution is 9.10. The first-order valence-corrected chi connectivity index (χ1v) is 7.37. The van der Waals surface area contributed by atoms with Gasteiger partial charge in [0.25, 0.3) is 0 Å². The van der Waals surface area contributed by atoms with Crippen molar-refractivity contribution < 1.29 is 4.74 Å². The molecule has 0 aliphatic carbocycles. The maximum atomic E-state index is 9.17. The molecule has 2 nitrogen and oxygen atoms in total. The third-order valence-electron chi connectivity index (χ3n) is 3.35. The fraction of sp³-hybridized carbons (Fsp3) is 0.0556. The minimum Gasteiger partial charge on any atom is -0.488 e. The van der Waals surface area contributed by atoms with E-state index in [0.29, 0.717) is 12.2 Å². The van der Waals surface area contributed by atoms with Crippen LogP contribution in [0.2, 0.25) is 0 Å². The Bertz CT molecular complexity index is 836. The van der Waals surface area contributed by atoms with Crippen molar-refractivity contribution in [1.29, 1.82) is 5.26 Å². The molecule has 0 spiro atoms. The van der Waals surface area contributed by atoms with E-state index < -0.39 is 0 Å². The molecule has 0 fully saturated rings. The lowest BCUT2D eigenvalue weighted by Gasteiger charge is -2.11. The zero-order valence-corrected chi connectivity index (χ0v) is 12.8. The summed E-state index contributed by atoms with van der Waals surface area (Å²) >= 11 is 3.52. The van der Waals surface area contributed by atoms with Crippen molar-refractivity contribution in [1.82, 2.24) is 0 Å². The fourth-order valence-corrected chi connectivity index (χ4v) is 2.66. The third-order valence-corrected chi connectivity index (χ3v) is 4.12. The molecule has 21 heavy (non-hydrogen) atoms. The van der Waals surface area contributed by atoms with Crippen molar-refractivity contribution in [2.24, 2.45) is 0 Å². The molecule has 0 amide bonds. The van der Waals surface area contributed by atoms with Crippen LogP contribution in [0.4, 0.5) is 0 Å². The van der Waals surface area contributed by atoms with Gasteiger partial charge in [0, 0.05) is 20.8 Å². The van der Waals surface area contributed by atoms with Crippen LogP contribution in [0, 0.1) is 11.3 Å². The van der Waals surface area contributed by atoms with Crippen molar-refractivity contribution in [2.75, 3.05) is 0 Å². The molecule has 0 aliphatic heterocycles. The molecular weight excluding hydrogens is 326 g/mol. The van der Waals surface area contributed by atoms with E-state index in [0.717, 1.165) is 26.6 Å². The smallest absolute Gasteiger partial charge is 0.127 e. The second-order valence-corrected chi connectivity index (χ2v) is 5.50. The standard InChI is InChI=1S/C18H12BrNO/c19-17-8-4-1-5-14(17)12-21-18-10-9-13(11-20)15-6-2-3-7-16(15)18/h1-10H,12H2. The van der Waals surface area contributed by atoms with Gasteiger partial charge in [-0.05, 0) is 18.2 Å². The molecule has 0 bridgehead atoms. The Hall–Kier alpha value is -2.31. The predicted molar refractivity (Wildman–Crippen MR) is 87.1 cm³/mol. The normalized spacial score (nSPS) is 10.3. The minimum atomic E-state index is 0.483. The largest absolute Gasteiger partial charge is 0.488 e. The first-order valence-electron chi connectivity index (χ1n) is 6.57. The van der Waals surface area contributed by atoms with Crippen LogP contribution in [0.15, 0.2) is 65.1 Å². The van der Waals surface area contributed by atoms with Gasteiger partial charge in [-0.2, -0.15) is 5.26 Å². The molecule has 0 saturated carbocycles. The average Bonchev–Trinajstić information content (AvgIpc) is 2.54. The van der Waals surface area contributed by atoms with E-state index >= 15 is 0 Å². The summed E-state index contributed by atoms with van der Waals surface area (Å²) in [5.41, 5.74) is 1.75. The van der Waals surface area contributed by atoms with Gasteiger partial charge >= 0.3 is 0 Å². The maximum absolute atomic E-state index is 9.17. The quantitative estimate of drug-likeness (QED) is 0.669. The molecular formula is C18H12BrNO. The first-order chi connectivity index (χ1) is 10.3. The number of halogens is 1. The average molecular weight is 338 g/mol. The molecule has 102 valence electrons. The Morgan fingerprint density at radius 3 is 2.38 bits per heavy atom. The fourth-order valence-electron chi connectivity index (χ4n) is 2.27. The highest BCUT2D eigenvalue weighted by Gasteiger charge is 2.07. The van der Waals surface area contributed by atoms with Crippen LogP contribution in [0.5, 0.6) is 5.75 Å². The number of rotatable bonds is 3. The lowest BCUT2D eigenvalue weighted by Crippen LogP contribution is -1.97. The van der Waals surface area contributed by atoms with Gasteiger partial charge in [0.2, 0.25) is 0 Å². The van der Waals surface area contributed by atoms with Gasteiger partial charge in [-0.3, -0.25) is 0 Å². The second kappa shape index (κ2) is 5.99. The lowest BCUT2D eigenvalue weighted by molar-refractivity contribution is 0.309. The Morgan fingerprint density at radius 1 is 0.905 bits per heavy atom. The van der Waals surface area contributed by atoms with Crippen LogP contribution in [0.25, 0.3) is 10.8 Å². The van der Waals surface area contributed by atoms with E-state index in [1.54, 1.807) is 6.07 Å². The first kappa shape index (κ1) is 13.7. The summed E-state index contributed by atoms with van der Waals surface area (Å²) in [4.78, 5) is 0. The molecule has 0 saturated heterocycles. The summed E-state index contributed by atoms with van der Waals surface area (Å²) in [5.74, 6) is 0.792. The molecule has 0 heterocycles. The van der Waals surface area contributed by atoms with Gasteiger partial charge in [-0.1, -0.05) is 58.4 Å². The molecule has 3 rings (SSSR count). The van der Waals surface area contributed by atoms with Crippen molar-refractivity contribution in [3.8, 4) is 11.8 Å². The number of ether oxygens (including phenoxy) is 1. The Kier molecular flexibility index (Phi) is 3.89. The molecule has 3 heteroatoms. The number of hydrogen-bond donors (Lipinski definition) is 0. The highest BCUT2D eigenvalue weighted by atomic mass is 79.9. The molecule has 0 aliphatic rings. The van der Waals surface area contributed by atoms with E-state index in [9.17, 15) is 5.26 Å². The van der Waals surface area contributed by atoms with Gasteiger partial charge in [0.1, 0.15) is 12.4 Å². The number of hydrogen-bond acceptors (Lipinski definition) is 2. The maximum Gasteiger partial charge on any atom is 0.127 e. The van der Waals surface area contributed by atoms with E-state index in [2.05, 4.69) is 22.0 Å². The van der Waals surface area contributed by atoms with Gasteiger partial charge in [-0.25, -0.2) is 0 Å². The monoisotopic (exact) mass is 337 g/mol. The van der Waals surface area contributed by atoms with Gasteiger partial charge in [0.05, 0.1) is 11.6 Å². The molecule has 0 radical (unpaired) electrons. The van der Waals surface area contributed by atoms with Crippen LogP contribution >= 0.6 is 15.9 Å². The molecule has 0 unspecified atom stereocenters. The van der Waals surface area contributed by atoms with Crippen LogP contribution in [0.3, 0.4) is 0 Å². The highest BCUT2D eigenvalue weighted by Crippen LogP contribution is 2.29. The van der Waals surface area contributed by atoms with Gasteiger partial charge in [-0.15, -0.1) is 0 Å². The second-order valence-electron chi connectivity index (χ2n) is 4.65. The zero-order chi connectivity index (χ0) is 14.7. The Morgan fingerprint density at radius 2 is 1.62 bits per heavy atom. The molecule has 0 atom stereocenters. The Labute approximate surface area is 131 Å². The third kappa shape index (κ3) is 2.76. The SMILES string of the molecule is N#Cc1ccc(OCc2ccccc2Br)c2ccccc12. The minimum absolute atomic E-state index is 0.483. The van der Waals surface area contributed by atoms with Gasteiger partial charge in [0.15, 0.2) is 0 Å². The van der Waals surface area contributed by atoms with E-state index in [1.165, 1.54) is 0 Å². The van der Waals surface area contributed by atoms with E-state index in [-0.39, 0.29) is 0 Å². The molecule has 0 N–H and O–H groups in total. The summed E-state index contributed by atoms with van der Waals surface area (Å²) in [6, 6.07) is 21.7. The Balaban J connectivity index is 1.95. The number of fused-ring (bicyclic) bond motifs is 1. The number of nitriles is 1. The summed E-state index contributed by atoms with van der Waals surface area (Å²) in [5, 5.41) is 11.1. The lowest BCUT2D eigenvalue weighted by atomic mass is 10.0. The van der Waals surface area contributed by atoms with Crippen molar-refractivity contribution in [2.45, 2.75) is 6.61 Å². The van der Waals surface area contributed by atoms with Crippen LogP contribution < -0.4 is 4.74 Å². The zero-order valence-electron chi connectivity index (χ0n) is 11.2. The van der Waals surface area contributed by atoms with Crippen molar-refractivity contribution in [3.63, 3.8) is 0 Å². The van der Waals surface area contributed by atoms with Crippen LogP contribution in [-0.4, -0.2) is 0 Å². The topological polar surface area (TPSA) is 33.0 Å². The van der Waals surface area contributed by atoms with E-state index in [4.69, 9.17) is 4.74 Å². The van der Waals surface area contributed by atoms with Crippen LogP contribution in [-0.2, 0) is 6.61 Å². The summed E-state index contributed by atoms with van der Waals surface area (Å²) < 4.78 is 6.98. The number of benzene rings is 3. The summed E-state index contributed by atoms with van der Waals surface area (Å²) in [6.07, 6.45) is 0. The van der Waals surface area contributed by atoms with E-state index in [1.807, 2.05) is 54.6 Å². The molecule has 3 aromatic carbocycles. The predicted octanol–water partition coefficient (Wildman–Crippen LogP) is 5.05. The summed E-state index contributed by atoms with van der Waals surface area (Å²) in [6.45, 7) is 0.483. The van der Waals surface area contributed by atoms with Crippen LogP contribution in [0.1, 0.15) is 11.1 Å². The summed E-state index contributed by atoms with van der Waals surface area (Å²) in [7, 11) is 0. The van der Waals surface area contributed by atoms with Crippen molar-refractivity contribution >= 4 is 26.7 Å². The van der Waals surface area contributed by atoms with Gasteiger partial charge < -0.3 is 4.74 Å². The van der Waals surface area contributed by atoms with Crippen molar-refractivity contribution in [3.05, 3.63) is 76.3 Å². The molecule has 0 aromatic heterocycles. The molecule has 3 aromatic rings. The number of nitrogens with zero attached hydrogens (tertiary/aromatic N) is 1.